The quantitative estimate of drug-likeness (QED) is 0.227. The molecule has 0 N–H and O–H groups in total. The molecule has 1 amide bonds. The summed E-state index contributed by atoms with van der Waals surface area (Å²) in [6.45, 7) is 5.09. The molecular formula is C31H29ClF2N6O2S. The van der Waals surface area contributed by atoms with Crippen LogP contribution in [-0.4, -0.2) is 77.6 Å². The van der Waals surface area contributed by atoms with Crippen molar-refractivity contribution in [2.24, 2.45) is 0 Å². The van der Waals surface area contributed by atoms with Crippen LogP contribution in [0.1, 0.15) is 19.3 Å². The molecule has 0 radical (unpaired) electrons. The fraction of sp³-hybridized carbons (Fsp3) is 0.355. The van der Waals surface area contributed by atoms with Crippen molar-refractivity contribution in [3.63, 3.8) is 0 Å². The van der Waals surface area contributed by atoms with E-state index in [4.69, 9.17) is 21.3 Å². The summed E-state index contributed by atoms with van der Waals surface area (Å²) in [4.78, 5) is 27.2. The summed E-state index contributed by atoms with van der Waals surface area (Å²) in [5.41, 5.74) is 1.18. The maximum absolute atomic E-state index is 16.5. The summed E-state index contributed by atoms with van der Waals surface area (Å²) in [5, 5.41) is 10.8. The van der Waals surface area contributed by atoms with E-state index in [1.165, 1.54) is 16.2 Å². The largest absolute Gasteiger partial charge is 0.462 e. The molecule has 8 nitrogen and oxygen atoms in total. The first-order valence-corrected chi connectivity index (χ1v) is 15.2. The first kappa shape index (κ1) is 29.2. The number of benzene rings is 2. The summed E-state index contributed by atoms with van der Waals surface area (Å²) in [7, 11) is 2.04. The molecule has 2 aliphatic heterocycles. The Labute approximate surface area is 256 Å². The van der Waals surface area contributed by atoms with Crippen molar-refractivity contribution in [2.45, 2.75) is 31.3 Å². The number of likely N-dealkylation sites (N-methyl/N-ethyl adjacent to an activating group) is 1. The lowest BCUT2D eigenvalue weighted by atomic mass is 10.0. The molecule has 0 spiro atoms. The highest BCUT2D eigenvalue weighted by Gasteiger charge is 2.34. The third-order valence-electron chi connectivity index (χ3n) is 8.25. The number of fused-ring (bicyclic) bond motifs is 2. The predicted octanol–water partition coefficient (Wildman–Crippen LogP) is 6.19. The number of likely N-dealkylation sites (tertiary alicyclic amines) is 1. The topological polar surface area (TPSA) is 85.6 Å². The second-order valence-electron chi connectivity index (χ2n) is 10.9. The number of nitriles is 1. The summed E-state index contributed by atoms with van der Waals surface area (Å²) >= 11 is 7.68. The number of nitrogens with zero attached hydrogens (tertiary/aromatic N) is 6. The van der Waals surface area contributed by atoms with E-state index in [0.717, 1.165) is 29.5 Å². The average molecular weight is 623 g/mol. The molecule has 6 rings (SSSR count). The zero-order chi connectivity index (χ0) is 30.2. The first-order valence-electron chi connectivity index (χ1n) is 14.0. The molecule has 2 saturated heterocycles. The molecule has 4 heterocycles. The van der Waals surface area contributed by atoms with Crippen molar-refractivity contribution in [2.75, 3.05) is 44.7 Å². The van der Waals surface area contributed by atoms with Gasteiger partial charge in [-0.1, -0.05) is 42.4 Å². The van der Waals surface area contributed by atoms with E-state index in [1.54, 1.807) is 12.1 Å². The number of thiophene rings is 1. The lowest BCUT2D eigenvalue weighted by Gasteiger charge is -2.41. The molecule has 43 heavy (non-hydrogen) atoms. The number of hydrogen-bond acceptors (Lipinski definition) is 8. The number of hydrogen-bond donors (Lipinski definition) is 0. The van der Waals surface area contributed by atoms with Gasteiger partial charge in [-0.05, 0) is 44.0 Å². The first-order chi connectivity index (χ1) is 20.7. The monoisotopic (exact) mass is 622 g/mol. The van der Waals surface area contributed by atoms with Crippen molar-refractivity contribution in [1.29, 1.82) is 5.26 Å². The lowest BCUT2D eigenvalue weighted by Crippen LogP contribution is -2.55. The van der Waals surface area contributed by atoms with Crippen LogP contribution >= 0.6 is 22.9 Å². The Morgan fingerprint density at radius 1 is 1.21 bits per heavy atom. The van der Waals surface area contributed by atoms with Crippen LogP contribution in [0, 0.1) is 17.1 Å². The standard InChI is InChI=1S/C31H29ClF2N6O2S/c1-18(33)30(41)40-14-13-39(16-20(40)10-11-35)29-24-9-8-22(23-7-3-5-19-15-25(32)43-28(19)23)26(34)27(24)36-31(37-29)42-17-21-6-4-12-38(21)2/h3,5,7-9,15,20-21H,1,4,6,10,12-14,16-17H2,2H3/t20-,21-/m0/s1. The highest BCUT2D eigenvalue weighted by atomic mass is 35.5. The van der Waals surface area contributed by atoms with Crippen molar-refractivity contribution in [1.82, 2.24) is 19.8 Å². The Morgan fingerprint density at radius 3 is 2.79 bits per heavy atom. The number of anilines is 1. The summed E-state index contributed by atoms with van der Waals surface area (Å²) in [6, 6.07) is 12.7. The van der Waals surface area contributed by atoms with E-state index in [1.807, 2.05) is 36.2 Å². The Hall–Kier alpha value is -3.85. The van der Waals surface area contributed by atoms with Gasteiger partial charge in [-0.3, -0.25) is 4.79 Å². The number of rotatable bonds is 7. The number of amides is 1. The molecular weight excluding hydrogens is 594 g/mol. The van der Waals surface area contributed by atoms with Gasteiger partial charge in [0, 0.05) is 46.9 Å². The third kappa shape index (κ3) is 5.62. The minimum Gasteiger partial charge on any atom is -0.462 e. The molecule has 0 unspecified atom stereocenters. The fourth-order valence-corrected chi connectivity index (χ4v) is 7.26. The van der Waals surface area contributed by atoms with E-state index in [0.29, 0.717) is 33.3 Å². The highest BCUT2D eigenvalue weighted by Crippen LogP contribution is 2.40. The smallest absolute Gasteiger partial charge is 0.319 e. The van der Waals surface area contributed by atoms with Crippen molar-refractivity contribution < 1.29 is 18.3 Å². The SMILES string of the molecule is C=C(F)C(=O)N1CCN(c2nc(OC[C@@H]3CCCN3C)nc3c(F)c(-c4cccc5cc(Cl)sc45)ccc23)C[C@@H]1CC#N. The van der Waals surface area contributed by atoms with Crippen molar-refractivity contribution >= 4 is 55.7 Å². The van der Waals surface area contributed by atoms with E-state index in [-0.39, 0.29) is 43.6 Å². The number of carbonyl (C=O) groups excluding carboxylic acids is 1. The summed E-state index contributed by atoms with van der Waals surface area (Å²) in [6.07, 6.45) is 2.04. The number of halogens is 3. The van der Waals surface area contributed by atoms with Crippen LogP contribution in [0.15, 0.2) is 48.8 Å². The van der Waals surface area contributed by atoms with E-state index in [2.05, 4.69) is 22.5 Å². The van der Waals surface area contributed by atoms with Crippen LogP contribution in [0.3, 0.4) is 0 Å². The number of aromatic nitrogens is 2. The van der Waals surface area contributed by atoms with E-state index in [9.17, 15) is 14.4 Å². The minimum atomic E-state index is -1.08. The molecule has 2 aromatic heterocycles. The Balaban J connectivity index is 1.43. The van der Waals surface area contributed by atoms with Gasteiger partial charge >= 0.3 is 6.01 Å². The normalized spacial score (nSPS) is 19.2. The molecule has 0 bridgehead atoms. The molecule has 12 heteroatoms. The predicted molar refractivity (Wildman–Crippen MR) is 165 cm³/mol. The second kappa shape index (κ2) is 12.0. The summed E-state index contributed by atoms with van der Waals surface area (Å²) in [5.74, 6) is -2.00. The van der Waals surface area contributed by atoms with Gasteiger partial charge in [-0.15, -0.1) is 11.3 Å². The second-order valence-corrected chi connectivity index (χ2v) is 12.6. The molecule has 0 aliphatic carbocycles. The van der Waals surface area contributed by atoms with Gasteiger partial charge in [-0.25, -0.2) is 8.78 Å². The van der Waals surface area contributed by atoms with Crippen molar-refractivity contribution in [3.8, 4) is 23.2 Å². The zero-order valence-electron chi connectivity index (χ0n) is 23.5. The maximum Gasteiger partial charge on any atom is 0.319 e. The molecule has 2 aromatic carbocycles. The Morgan fingerprint density at radius 2 is 2.05 bits per heavy atom. The average Bonchev–Trinajstić information content (AvgIpc) is 3.59. The molecule has 0 saturated carbocycles. The van der Waals surface area contributed by atoms with Crippen LogP contribution in [0.4, 0.5) is 14.6 Å². The van der Waals surface area contributed by atoms with Gasteiger partial charge in [0.15, 0.2) is 11.6 Å². The molecule has 2 fully saturated rings. The maximum atomic E-state index is 16.5. The van der Waals surface area contributed by atoms with Crippen LogP contribution in [0.2, 0.25) is 4.34 Å². The van der Waals surface area contributed by atoms with Crippen LogP contribution in [0.5, 0.6) is 6.01 Å². The van der Waals surface area contributed by atoms with Gasteiger partial charge < -0.3 is 19.4 Å². The number of carbonyl (C=O) groups is 1. The van der Waals surface area contributed by atoms with Gasteiger partial charge in [-0.2, -0.15) is 15.2 Å². The van der Waals surface area contributed by atoms with Gasteiger partial charge in [0.1, 0.15) is 17.9 Å². The number of piperazine rings is 1. The van der Waals surface area contributed by atoms with Gasteiger partial charge in [0.2, 0.25) is 0 Å². The van der Waals surface area contributed by atoms with Crippen LogP contribution in [0.25, 0.3) is 32.1 Å². The molecule has 2 atom stereocenters. The third-order valence-corrected chi connectivity index (χ3v) is 9.56. The van der Waals surface area contributed by atoms with Crippen LogP contribution < -0.4 is 9.64 Å². The molecule has 2 aliphatic rings. The van der Waals surface area contributed by atoms with Crippen molar-refractivity contribution in [3.05, 3.63) is 59.0 Å². The van der Waals surface area contributed by atoms with Gasteiger partial charge in [0.05, 0.1) is 22.9 Å². The number of ether oxygens (including phenoxy) is 1. The molecule has 222 valence electrons. The Bertz CT molecular complexity index is 1770. The Kier molecular flexibility index (Phi) is 8.18. The van der Waals surface area contributed by atoms with Crippen LogP contribution in [-0.2, 0) is 4.79 Å². The van der Waals surface area contributed by atoms with E-state index < -0.39 is 23.6 Å². The minimum absolute atomic E-state index is 0.0121. The highest BCUT2D eigenvalue weighted by molar-refractivity contribution is 7.23. The fourth-order valence-electron chi connectivity index (χ4n) is 5.99. The van der Waals surface area contributed by atoms with Gasteiger partial charge in [0.25, 0.3) is 5.91 Å². The summed E-state index contributed by atoms with van der Waals surface area (Å²) < 4.78 is 37.9. The lowest BCUT2D eigenvalue weighted by molar-refractivity contribution is -0.131. The van der Waals surface area contributed by atoms with E-state index >= 15 is 4.39 Å². The molecule has 4 aromatic rings. The zero-order valence-corrected chi connectivity index (χ0v) is 25.1.